The predicted molar refractivity (Wildman–Crippen MR) is 99.9 cm³/mol. The SMILES string of the molecule is CC(Oc1cccc(CO)c1)C(=O)N1CCC(Nc2cccnc2)CC1. The molecule has 26 heavy (non-hydrogen) atoms. The molecule has 1 fully saturated rings. The first kappa shape index (κ1) is 18.2. The molecule has 6 heteroatoms. The molecule has 0 saturated carbocycles. The number of nitrogens with zero attached hydrogens (tertiary/aromatic N) is 2. The van der Waals surface area contributed by atoms with Crippen molar-refractivity contribution in [2.45, 2.75) is 38.5 Å². The van der Waals surface area contributed by atoms with E-state index in [1.165, 1.54) is 0 Å². The van der Waals surface area contributed by atoms with Crippen molar-refractivity contribution in [3.8, 4) is 5.75 Å². The fourth-order valence-electron chi connectivity index (χ4n) is 3.16. The topological polar surface area (TPSA) is 74.7 Å². The molecule has 2 aromatic rings. The first-order chi connectivity index (χ1) is 12.7. The molecular weight excluding hydrogens is 330 g/mol. The Bertz CT molecular complexity index is 715. The minimum Gasteiger partial charge on any atom is -0.481 e. The van der Waals surface area contributed by atoms with E-state index in [1.807, 2.05) is 35.4 Å². The van der Waals surface area contributed by atoms with Crippen LogP contribution >= 0.6 is 0 Å². The molecule has 1 saturated heterocycles. The Hall–Kier alpha value is -2.60. The van der Waals surface area contributed by atoms with Crippen LogP contribution in [0.4, 0.5) is 5.69 Å². The maximum atomic E-state index is 12.6. The zero-order valence-electron chi connectivity index (χ0n) is 15.0. The van der Waals surface area contributed by atoms with Crippen molar-refractivity contribution in [2.75, 3.05) is 18.4 Å². The van der Waals surface area contributed by atoms with Gasteiger partial charge in [0.2, 0.25) is 0 Å². The van der Waals surface area contributed by atoms with E-state index >= 15 is 0 Å². The highest BCUT2D eigenvalue weighted by molar-refractivity contribution is 5.81. The van der Waals surface area contributed by atoms with Gasteiger partial charge in [0, 0.05) is 31.5 Å². The molecule has 1 aromatic carbocycles. The van der Waals surface area contributed by atoms with Crippen molar-refractivity contribution < 1.29 is 14.6 Å². The molecule has 0 aliphatic carbocycles. The third kappa shape index (κ3) is 4.73. The van der Waals surface area contributed by atoms with E-state index in [9.17, 15) is 9.90 Å². The maximum absolute atomic E-state index is 12.6. The van der Waals surface area contributed by atoms with Gasteiger partial charge in [0.1, 0.15) is 5.75 Å². The number of benzene rings is 1. The van der Waals surface area contributed by atoms with Gasteiger partial charge in [-0.05, 0) is 49.6 Å². The lowest BCUT2D eigenvalue weighted by Crippen LogP contribution is -2.47. The summed E-state index contributed by atoms with van der Waals surface area (Å²) in [6.45, 7) is 3.15. The van der Waals surface area contributed by atoms with Crippen LogP contribution in [0.2, 0.25) is 0 Å². The number of pyridine rings is 1. The van der Waals surface area contributed by atoms with Crippen molar-refractivity contribution in [3.05, 3.63) is 54.4 Å². The van der Waals surface area contributed by atoms with Gasteiger partial charge in [-0.2, -0.15) is 0 Å². The van der Waals surface area contributed by atoms with Gasteiger partial charge in [-0.15, -0.1) is 0 Å². The molecule has 1 atom stereocenters. The molecule has 0 bridgehead atoms. The van der Waals surface area contributed by atoms with E-state index in [-0.39, 0.29) is 12.5 Å². The average Bonchev–Trinajstić information content (AvgIpc) is 2.69. The summed E-state index contributed by atoms with van der Waals surface area (Å²) >= 11 is 0. The fraction of sp³-hybridized carbons (Fsp3) is 0.400. The molecule has 0 spiro atoms. The van der Waals surface area contributed by atoms with E-state index in [4.69, 9.17) is 4.74 Å². The monoisotopic (exact) mass is 355 g/mol. The zero-order chi connectivity index (χ0) is 18.4. The van der Waals surface area contributed by atoms with E-state index in [1.54, 1.807) is 25.3 Å². The molecule has 0 radical (unpaired) electrons. The van der Waals surface area contributed by atoms with Crippen LogP contribution in [0.5, 0.6) is 5.75 Å². The van der Waals surface area contributed by atoms with Crippen LogP contribution in [0, 0.1) is 0 Å². The molecule has 138 valence electrons. The summed E-state index contributed by atoms with van der Waals surface area (Å²) in [6, 6.07) is 11.4. The Labute approximate surface area is 153 Å². The highest BCUT2D eigenvalue weighted by Gasteiger charge is 2.27. The maximum Gasteiger partial charge on any atom is 0.263 e. The summed E-state index contributed by atoms with van der Waals surface area (Å²) in [7, 11) is 0. The van der Waals surface area contributed by atoms with Crippen LogP contribution in [0.15, 0.2) is 48.8 Å². The third-order valence-corrected chi connectivity index (χ3v) is 4.58. The minimum absolute atomic E-state index is 0.000714. The zero-order valence-corrected chi connectivity index (χ0v) is 15.0. The molecule has 6 nitrogen and oxygen atoms in total. The van der Waals surface area contributed by atoms with E-state index in [0.29, 0.717) is 24.9 Å². The Kier molecular flexibility index (Phi) is 6.07. The lowest BCUT2D eigenvalue weighted by Gasteiger charge is -2.34. The van der Waals surface area contributed by atoms with Crippen molar-refractivity contribution in [2.24, 2.45) is 0 Å². The molecule has 3 rings (SSSR count). The standard InChI is InChI=1S/C20H25N3O3/c1-15(26-19-6-2-4-16(12-19)14-24)20(25)23-10-7-17(8-11-23)22-18-5-3-9-21-13-18/h2-6,9,12-13,15,17,22,24H,7-8,10-11,14H2,1H3. The lowest BCUT2D eigenvalue weighted by atomic mass is 10.0. The number of nitrogens with one attached hydrogen (secondary N) is 1. The van der Waals surface area contributed by atoms with Gasteiger partial charge in [-0.1, -0.05) is 12.1 Å². The summed E-state index contributed by atoms with van der Waals surface area (Å²) in [4.78, 5) is 18.6. The second-order valence-electron chi connectivity index (χ2n) is 6.55. The number of aromatic nitrogens is 1. The van der Waals surface area contributed by atoms with Gasteiger partial charge in [-0.3, -0.25) is 9.78 Å². The number of likely N-dealkylation sites (tertiary alicyclic amines) is 1. The van der Waals surface area contributed by atoms with Crippen molar-refractivity contribution in [1.82, 2.24) is 9.88 Å². The van der Waals surface area contributed by atoms with Crippen molar-refractivity contribution >= 4 is 11.6 Å². The molecule has 1 unspecified atom stereocenters. The number of amides is 1. The van der Waals surface area contributed by atoms with Gasteiger partial charge in [0.25, 0.3) is 5.91 Å². The number of aliphatic hydroxyl groups excluding tert-OH is 1. The highest BCUT2D eigenvalue weighted by Crippen LogP contribution is 2.19. The van der Waals surface area contributed by atoms with Gasteiger partial charge >= 0.3 is 0 Å². The number of hydrogen-bond acceptors (Lipinski definition) is 5. The van der Waals surface area contributed by atoms with Crippen LogP contribution in [0.3, 0.4) is 0 Å². The summed E-state index contributed by atoms with van der Waals surface area (Å²) in [6.07, 6.45) is 4.81. The molecule has 1 aliphatic rings. The summed E-state index contributed by atoms with van der Waals surface area (Å²) in [5, 5.41) is 12.7. The van der Waals surface area contributed by atoms with E-state index in [2.05, 4.69) is 10.3 Å². The molecule has 1 aromatic heterocycles. The third-order valence-electron chi connectivity index (χ3n) is 4.58. The van der Waals surface area contributed by atoms with Gasteiger partial charge in [0.15, 0.2) is 6.10 Å². The van der Waals surface area contributed by atoms with Crippen LogP contribution in [0.25, 0.3) is 0 Å². The molecule has 2 heterocycles. The number of carbonyl (C=O) groups is 1. The molecule has 1 aliphatic heterocycles. The lowest BCUT2D eigenvalue weighted by molar-refractivity contribution is -0.138. The number of piperidine rings is 1. The highest BCUT2D eigenvalue weighted by atomic mass is 16.5. The quantitative estimate of drug-likeness (QED) is 0.832. The largest absolute Gasteiger partial charge is 0.481 e. The van der Waals surface area contributed by atoms with Crippen LogP contribution in [-0.2, 0) is 11.4 Å². The molecule has 2 N–H and O–H groups in total. The van der Waals surface area contributed by atoms with Gasteiger partial charge < -0.3 is 20.1 Å². The van der Waals surface area contributed by atoms with E-state index < -0.39 is 6.10 Å². The Morgan fingerprint density at radius 3 is 2.85 bits per heavy atom. The van der Waals surface area contributed by atoms with Crippen LogP contribution < -0.4 is 10.1 Å². The number of carbonyl (C=O) groups excluding carboxylic acids is 1. The number of aliphatic hydroxyl groups is 1. The minimum atomic E-state index is -0.549. The van der Waals surface area contributed by atoms with Crippen LogP contribution in [-0.4, -0.2) is 46.1 Å². The van der Waals surface area contributed by atoms with Gasteiger partial charge in [0.05, 0.1) is 12.3 Å². The second-order valence-corrected chi connectivity index (χ2v) is 6.55. The predicted octanol–water partition coefficient (Wildman–Crippen LogP) is 2.44. The summed E-state index contributed by atoms with van der Waals surface area (Å²) in [5.41, 5.74) is 1.78. The number of ether oxygens (including phenoxy) is 1. The average molecular weight is 355 g/mol. The summed E-state index contributed by atoms with van der Waals surface area (Å²) in [5.74, 6) is 0.602. The van der Waals surface area contributed by atoms with Gasteiger partial charge in [-0.25, -0.2) is 0 Å². The molecule has 1 amide bonds. The second kappa shape index (κ2) is 8.67. The first-order valence-corrected chi connectivity index (χ1v) is 8.97. The Balaban J connectivity index is 1.49. The summed E-state index contributed by atoms with van der Waals surface area (Å²) < 4.78 is 5.77. The fourth-order valence-corrected chi connectivity index (χ4v) is 3.16. The smallest absolute Gasteiger partial charge is 0.263 e. The first-order valence-electron chi connectivity index (χ1n) is 8.97. The molecular formula is C20H25N3O3. The van der Waals surface area contributed by atoms with Crippen LogP contribution in [0.1, 0.15) is 25.3 Å². The van der Waals surface area contributed by atoms with E-state index in [0.717, 1.165) is 24.1 Å². The normalized spacial score (nSPS) is 16.2. The number of anilines is 1. The number of rotatable bonds is 6. The van der Waals surface area contributed by atoms with Crippen molar-refractivity contribution in [3.63, 3.8) is 0 Å². The van der Waals surface area contributed by atoms with Crippen molar-refractivity contribution in [1.29, 1.82) is 0 Å². The Morgan fingerprint density at radius 2 is 2.15 bits per heavy atom. The number of hydrogen-bond donors (Lipinski definition) is 2. The Morgan fingerprint density at radius 1 is 1.35 bits per heavy atom.